The molecule has 1 N–H and O–H groups in total. The average molecular weight is 651 g/mol. The van der Waals surface area contributed by atoms with E-state index in [1.165, 1.54) is 186 Å². The van der Waals surface area contributed by atoms with Gasteiger partial charge in [0.05, 0.1) is 13.2 Å². The summed E-state index contributed by atoms with van der Waals surface area (Å²) in [5.41, 5.74) is 0. The van der Waals surface area contributed by atoms with Crippen LogP contribution in [0.1, 0.15) is 226 Å². The van der Waals surface area contributed by atoms with Crippen molar-refractivity contribution in [2.24, 2.45) is 0 Å². The van der Waals surface area contributed by atoms with Gasteiger partial charge in [0.1, 0.15) is 6.10 Å². The lowest BCUT2D eigenvalue weighted by atomic mass is 10.0. The number of ether oxygens (including phenoxy) is 2. The summed E-state index contributed by atoms with van der Waals surface area (Å²) in [7, 11) is 0. The van der Waals surface area contributed by atoms with Crippen molar-refractivity contribution in [2.45, 2.75) is 232 Å². The molecule has 0 aromatic rings. The summed E-state index contributed by atoms with van der Waals surface area (Å²) in [6.07, 6.45) is 47.0. The number of hydrogen-bond donors (Lipinski definition) is 1. The number of esters is 1. The molecule has 0 saturated carbocycles. The van der Waals surface area contributed by atoms with Gasteiger partial charge in [-0.1, -0.05) is 199 Å². The molecule has 0 aromatic heterocycles. The topological polar surface area (TPSA) is 55.8 Å². The standard InChI is InChI=1S/C42H82O4/c1-3-5-7-9-11-13-15-17-18-19-20-21-22-23-24-25-26-27-29-31-33-35-37-42(44)46-41(39-43)40-45-38-36-34-32-30-28-16-14-12-10-8-6-4-2/h10,12,41,43H,3-9,11,13-40H2,1-2H3/b12-10-. The zero-order valence-corrected chi connectivity index (χ0v) is 31.4. The van der Waals surface area contributed by atoms with E-state index in [9.17, 15) is 9.90 Å². The van der Waals surface area contributed by atoms with Crippen molar-refractivity contribution in [3.63, 3.8) is 0 Å². The molecule has 0 aromatic carbocycles. The Morgan fingerprint density at radius 3 is 1.30 bits per heavy atom. The van der Waals surface area contributed by atoms with Gasteiger partial charge in [-0.15, -0.1) is 0 Å². The van der Waals surface area contributed by atoms with E-state index in [2.05, 4.69) is 26.0 Å². The molecule has 274 valence electrons. The molecule has 0 saturated heterocycles. The second-order valence-corrected chi connectivity index (χ2v) is 14.1. The largest absolute Gasteiger partial charge is 0.457 e. The van der Waals surface area contributed by atoms with E-state index in [0.717, 1.165) is 19.3 Å². The second kappa shape index (κ2) is 40.3. The third kappa shape index (κ3) is 37.6. The van der Waals surface area contributed by atoms with Crippen molar-refractivity contribution in [3.8, 4) is 0 Å². The van der Waals surface area contributed by atoms with Gasteiger partial charge in [0, 0.05) is 13.0 Å². The van der Waals surface area contributed by atoms with Gasteiger partial charge in [-0.2, -0.15) is 0 Å². The van der Waals surface area contributed by atoms with Crippen LogP contribution in [0.5, 0.6) is 0 Å². The Balaban J connectivity index is 3.35. The fourth-order valence-corrected chi connectivity index (χ4v) is 6.19. The number of aliphatic hydroxyl groups excluding tert-OH is 1. The van der Waals surface area contributed by atoms with Crippen LogP contribution >= 0.6 is 0 Å². The molecule has 0 spiro atoms. The first kappa shape index (κ1) is 45.1. The summed E-state index contributed by atoms with van der Waals surface area (Å²) in [6.45, 7) is 5.34. The molecule has 0 aliphatic rings. The maximum Gasteiger partial charge on any atom is 0.306 e. The van der Waals surface area contributed by atoms with Crippen LogP contribution in [0, 0.1) is 0 Å². The van der Waals surface area contributed by atoms with Crippen LogP contribution in [0.2, 0.25) is 0 Å². The van der Waals surface area contributed by atoms with Crippen LogP contribution < -0.4 is 0 Å². The van der Waals surface area contributed by atoms with Crippen LogP contribution in [0.25, 0.3) is 0 Å². The molecule has 0 rings (SSSR count). The molecular formula is C42H82O4. The van der Waals surface area contributed by atoms with Crippen molar-refractivity contribution in [2.75, 3.05) is 19.8 Å². The molecule has 0 aliphatic heterocycles. The van der Waals surface area contributed by atoms with Gasteiger partial charge in [-0.05, 0) is 32.1 Å². The van der Waals surface area contributed by atoms with Crippen LogP contribution in [-0.2, 0) is 14.3 Å². The van der Waals surface area contributed by atoms with E-state index in [-0.39, 0.29) is 12.6 Å². The summed E-state index contributed by atoms with van der Waals surface area (Å²) in [4.78, 5) is 12.2. The first-order valence-electron chi connectivity index (χ1n) is 20.8. The van der Waals surface area contributed by atoms with Crippen molar-refractivity contribution in [3.05, 3.63) is 12.2 Å². The minimum atomic E-state index is -0.530. The normalized spacial score (nSPS) is 12.3. The molecule has 4 heteroatoms. The molecule has 0 amide bonds. The fraction of sp³-hybridized carbons (Fsp3) is 0.929. The third-order valence-electron chi connectivity index (χ3n) is 9.34. The molecule has 0 bridgehead atoms. The minimum absolute atomic E-state index is 0.169. The number of unbranched alkanes of at least 4 members (excludes halogenated alkanes) is 29. The minimum Gasteiger partial charge on any atom is -0.457 e. The van der Waals surface area contributed by atoms with Crippen LogP contribution in [-0.4, -0.2) is 37.0 Å². The van der Waals surface area contributed by atoms with Crippen molar-refractivity contribution in [1.29, 1.82) is 0 Å². The monoisotopic (exact) mass is 651 g/mol. The van der Waals surface area contributed by atoms with E-state index in [1.54, 1.807) is 0 Å². The number of aliphatic hydroxyl groups is 1. The van der Waals surface area contributed by atoms with E-state index >= 15 is 0 Å². The van der Waals surface area contributed by atoms with E-state index in [4.69, 9.17) is 9.47 Å². The highest BCUT2D eigenvalue weighted by molar-refractivity contribution is 5.69. The summed E-state index contributed by atoms with van der Waals surface area (Å²) >= 11 is 0. The smallest absolute Gasteiger partial charge is 0.306 e. The molecule has 1 unspecified atom stereocenters. The predicted molar refractivity (Wildman–Crippen MR) is 201 cm³/mol. The molecule has 0 aliphatic carbocycles. The zero-order chi connectivity index (χ0) is 33.4. The van der Waals surface area contributed by atoms with Crippen molar-refractivity contribution >= 4 is 5.97 Å². The van der Waals surface area contributed by atoms with Gasteiger partial charge in [0.15, 0.2) is 0 Å². The highest BCUT2D eigenvalue weighted by Gasteiger charge is 2.13. The Labute approximate surface area is 288 Å². The molecular weight excluding hydrogens is 568 g/mol. The Hall–Kier alpha value is -0.870. The van der Waals surface area contributed by atoms with Gasteiger partial charge in [-0.25, -0.2) is 0 Å². The summed E-state index contributed by atoms with van der Waals surface area (Å²) in [6, 6.07) is 0. The van der Waals surface area contributed by atoms with Crippen molar-refractivity contribution < 1.29 is 19.4 Å². The lowest BCUT2D eigenvalue weighted by Crippen LogP contribution is -2.27. The van der Waals surface area contributed by atoms with Crippen LogP contribution in [0.4, 0.5) is 0 Å². The first-order valence-corrected chi connectivity index (χ1v) is 20.8. The number of rotatable bonds is 39. The molecule has 0 fully saturated rings. The number of allylic oxidation sites excluding steroid dienone is 2. The SMILES string of the molecule is CCCC/C=C\CCCCCCCCOCC(CO)OC(=O)CCCCCCCCCCCCCCCCCCCCCCCC. The second-order valence-electron chi connectivity index (χ2n) is 14.1. The first-order chi connectivity index (χ1) is 22.7. The average Bonchev–Trinajstić information content (AvgIpc) is 3.06. The molecule has 0 radical (unpaired) electrons. The Morgan fingerprint density at radius 1 is 0.500 bits per heavy atom. The third-order valence-corrected chi connectivity index (χ3v) is 9.34. The number of hydrogen-bond acceptors (Lipinski definition) is 4. The number of carbonyl (C=O) groups excluding carboxylic acids is 1. The summed E-state index contributed by atoms with van der Waals surface area (Å²) in [5, 5.41) is 9.57. The van der Waals surface area contributed by atoms with E-state index in [1.807, 2.05) is 0 Å². The number of carbonyl (C=O) groups is 1. The van der Waals surface area contributed by atoms with Gasteiger partial charge >= 0.3 is 5.97 Å². The maximum absolute atomic E-state index is 12.2. The lowest BCUT2D eigenvalue weighted by molar-refractivity contribution is -0.154. The van der Waals surface area contributed by atoms with Crippen LogP contribution in [0.15, 0.2) is 12.2 Å². The van der Waals surface area contributed by atoms with Crippen LogP contribution in [0.3, 0.4) is 0 Å². The zero-order valence-electron chi connectivity index (χ0n) is 31.4. The van der Waals surface area contributed by atoms with E-state index in [0.29, 0.717) is 19.6 Å². The summed E-state index contributed by atoms with van der Waals surface area (Å²) in [5.74, 6) is -0.198. The fourth-order valence-electron chi connectivity index (χ4n) is 6.19. The molecule has 0 heterocycles. The summed E-state index contributed by atoms with van der Waals surface area (Å²) < 4.78 is 11.1. The van der Waals surface area contributed by atoms with Gasteiger partial charge < -0.3 is 14.6 Å². The molecule has 4 nitrogen and oxygen atoms in total. The molecule has 1 atom stereocenters. The van der Waals surface area contributed by atoms with Gasteiger partial charge in [-0.3, -0.25) is 4.79 Å². The van der Waals surface area contributed by atoms with Gasteiger partial charge in [0.2, 0.25) is 0 Å². The predicted octanol–water partition coefficient (Wildman–Crippen LogP) is 13.4. The maximum atomic E-state index is 12.2. The Bertz CT molecular complexity index is 604. The lowest BCUT2D eigenvalue weighted by Gasteiger charge is -2.15. The highest BCUT2D eigenvalue weighted by Crippen LogP contribution is 2.16. The Morgan fingerprint density at radius 2 is 0.870 bits per heavy atom. The Kier molecular flexibility index (Phi) is 39.5. The van der Waals surface area contributed by atoms with Crippen molar-refractivity contribution in [1.82, 2.24) is 0 Å². The quantitative estimate of drug-likeness (QED) is 0.0408. The van der Waals surface area contributed by atoms with E-state index < -0.39 is 6.10 Å². The molecule has 46 heavy (non-hydrogen) atoms. The van der Waals surface area contributed by atoms with Gasteiger partial charge in [0.25, 0.3) is 0 Å². The highest BCUT2D eigenvalue weighted by atomic mass is 16.6.